The van der Waals surface area contributed by atoms with Gasteiger partial charge in [-0.2, -0.15) is 10.1 Å². The van der Waals surface area contributed by atoms with Crippen LogP contribution in [0, 0.1) is 0 Å². The summed E-state index contributed by atoms with van der Waals surface area (Å²) in [4.78, 5) is 4.71. The monoisotopic (exact) mass is 359 g/mol. The molecular formula is C18H22ClN5O. The molecule has 1 N–H and O–H groups in total. The molecule has 4 rings (SSSR count). The molecule has 132 valence electrons. The van der Waals surface area contributed by atoms with Crippen molar-refractivity contribution in [2.45, 2.75) is 31.2 Å². The molecule has 0 unspecified atom stereocenters. The van der Waals surface area contributed by atoms with Crippen LogP contribution < -0.4 is 5.32 Å². The van der Waals surface area contributed by atoms with Crippen LogP contribution in [0.1, 0.15) is 30.1 Å². The molecule has 1 fully saturated rings. The quantitative estimate of drug-likeness (QED) is 0.758. The molecule has 25 heavy (non-hydrogen) atoms. The number of hydrogen-bond donors (Lipinski definition) is 1. The van der Waals surface area contributed by atoms with Gasteiger partial charge in [0.25, 0.3) is 5.89 Å². The maximum absolute atomic E-state index is 5.67. The Kier molecular flexibility index (Phi) is 5.50. The Balaban J connectivity index is 0.00000182. The Hall–Kier alpha value is -2.18. The fourth-order valence-electron chi connectivity index (χ4n) is 3.35. The lowest BCUT2D eigenvalue weighted by Gasteiger charge is -2.34. The summed E-state index contributed by atoms with van der Waals surface area (Å²) in [7, 11) is 0. The van der Waals surface area contributed by atoms with Gasteiger partial charge in [-0.3, -0.25) is 4.68 Å². The second-order valence-electron chi connectivity index (χ2n) is 6.23. The van der Waals surface area contributed by atoms with Crippen LogP contribution in [-0.4, -0.2) is 33.0 Å². The smallest absolute Gasteiger partial charge is 0.254 e. The molecule has 6 nitrogen and oxygen atoms in total. The van der Waals surface area contributed by atoms with Crippen LogP contribution in [0.5, 0.6) is 0 Å². The summed E-state index contributed by atoms with van der Waals surface area (Å²) in [6, 6.07) is 12.3. The Bertz CT molecular complexity index is 766. The van der Waals surface area contributed by atoms with E-state index in [4.69, 9.17) is 9.51 Å². The van der Waals surface area contributed by atoms with E-state index < -0.39 is 0 Å². The van der Waals surface area contributed by atoms with Gasteiger partial charge in [0.05, 0.1) is 0 Å². The minimum absolute atomic E-state index is 0. The van der Waals surface area contributed by atoms with Crippen LogP contribution in [0.2, 0.25) is 0 Å². The first-order valence-corrected chi connectivity index (χ1v) is 8.45. The number of benzene rings is 1. The van der Waals surface area contributed by atoms with Gasteiger partial charge in [0, 0.05) is 18.8 Å². The summed E-state index contributed by atoms with van der Waals surface area (Å²) in [6.45, 7) is 1.84. The first-order chi connectivity index (χ1) is 11.9. The zero-order valence-electron chi connectivity index (χ0n) is 14.0. The average molecular weight is 360 g/mol. The molecule has 0 amide bonds. The number of aromatic nitrogens is 4. The van der Waals surface area contributed by atoms with Gasteiger partial charge in [0.1, 0.15) is 5.54 Å². The highest BCUT2D eigenvalue weighted by atomic mass is 35.5. The molecule has 2 aromatic heterocycles. The summed E-state index contributed by atoms with van der Waals surface area (Å²) in [6.07, 6.45) is 7.27. The van der Waals surface area contributed by atoms with Crippen molar-refractivity contribution in [3.05, 3.63) is 66.1 Å². The van der Waals surface area contributed by atoms with E-state index in [1.54, 1.807) is 6.20 Å². The average Bonchev–Trinajstić information content (AvgIpc) is 3.34. The highest BCUT2D eigenvalue weighted by Gasteiger charge is 2.41. The van der Waals surface area contributed by atoms with Crippen LogP contribution in [0.15, 0.2) is 53.3 Å². The van der Waals surface area contributed by atoms with Gasteiger partial charge in [-0.15, -0.1) is 12.4 Å². The zero-order chi connectivity index (χ0) is 16.2. The second-order valence-corrected chi connectivity index (χ2v) is 6.23. The lowest BCUT2D eigenvalue weighted by atomic mass is 9.88. The van der Waals surface area contributed by atoms with Gasteiger partial charge < -0.3 is 9.84 Å². The highest BCUT2D eigenvalue weighted by Crippen LogP contribution is 2.33. The molecule has 0 saturated carbocycles. The lowest BCUT2D eigenvalue weighted by Crippen LogP contribution is -2.45. The van der Waals surface area contributed by atoms with Crippen molar-refractivity contribution < 1.29 is 4.52 Å². The third-order valence-corrected chi connectivity index (χ3v) is 4.72. The molecule has 0 atom stereocenters. The fourth-order valence-corrected chi connectivity index (χ4v) is 3.35. The van der Waals surface area contributed by atoms with Crippen molar-refractivity contribution in [3.63, 3.8) is 0 Å². The van der Waals surface area contributed by atoms with E-state index in [-0.39, 0.29) is 17.9 Å². The second kappa shape index (κ2) is 7.80. The minimum atomic E-state index is -0.327. The van der Waals surface area contributed by atoms with Gasteiger partial charge in [0.2, 0.25) is 0 Å². The number of halogens is 1. The number of hydrogen-bond acceptors (Lipinski definition) is 5. The molecule has 3 aromatic rings. The van der Waals surface area contributed by atoms with E-state index in [1.807, 2.05) is 23.0 Å². The van der Waals surface area contributed by atoms with E-state index in [9.17, 15) is 0 Å². The molecule has 1 saturated heterocycles. The third-order valence-electron chi connectivity index (χ3n) is 4.72. The number of nitrogens with one attached hydrogen (secondary N) is 1. The molecule has 1 aliphatic rings. The summed E-state index contributed by atoms with van der Waals surface area (Å²) in [5.41, 5.74) is 0.958. The summed E-state index contributed by atoms with van der Waals surface area (Å²) >= 11 is 0. The van der Waals surface area contributed by atoms with E-state index in [1.165, 1.54) is 5.56 Å². The van der Waals surface area contributed by atoms with Crippen molar-refractivity contribution in [3.8, 4) is 0 Å². The topological polar surface area (TPSA) is 68.8 Å². The summed E-state index contributed by atoms with van der Waals surface area (Å²) < 4.78 is 7.64. The molecule has 1 aromatic carbocycles. The largest absolute Gasteiger partial charge is 0.337 e. The molecule has 0 spiro atoms. The standard InChI is InChI=1S/C18H21N5O.ClH/c1-2-5-15(6-3-1)7-8-16-21-17(24-22-16)18(9-12-19-13-10-18)23-14-4-11-20-23;/h1-6,11,14,19H,7-10,12-13H2;1H. The van der Waals surface area contributed by atoms with Gasteiger partial charge >= 0.3 is 0 Å². The van der Waals surface area contributed by atoms with Crippen LogP contribution in [0.25, 0.3) is 0 Å². The molecule has 1 aliphatic heterocycles. The molecule has 0 bridgehead atoms. The van der Waals surface area contributed by atoms with Crippen LogP contribution >= 0.6 is 12.4 Å². The molecule has 0 radical (unpaired) electrons. The van der Waals surface area contributed by atoms with Crippen molar-refractivity contribution in [2.24, 2.45) is 0 Å². The molecule has 0 aliphatic carbocycles. The van der Waals surface area contributed by atoms with Crippen LogP contribution in [0.3, 0.4) is 0 Å². The first kappa shape index (κ1) is 17.6. The van der Waals surface area contributed by atoms with Crippen LogP contribution in [-0.2, 0) is 18.4 Å². The predicted octanol–water partition coefficient (Wildman–Crippen LogP) is 2.60. The number of piperidine rings is 1. The maximum Gasteiger partial charge on any atom is 0.254 e. The lowest BCUT2D eigenvalue weighted by molar-refractivity contribution is 0.172. The molecular weight excluding hydrogens is 338 g/mol. The van der Waals surface area contributed by atoms with Crippen molar-refractivity contribution in [1.82, 2.24) is 25.2 Å². The van der Waals surface area contributed by atoms with Gasteiger partial charge in [-0.25, -0.2) is 0 Å². The Morgan fingerprint density at radius 3 is 2.60 bits per heavy atom. The normalized spacial score (nSPS) is 16.3. The fraction of sp³-hybridized carbons (Fsp3) is 0.389. The van der Waals surface area contributed by atoms with Crippen molar-refractivity contribution >= 4 is 12.4 Å². The van der Waals surface area contributed by atoms with Crippen molar-refractivity contribution in [2.75, 3.05) is 13.1 Å². The third kappa shape index (κ3) is 3.60. The zero-order valence-corrected chi connectivity index (χ0v) is 14.8. The summed E-state index contributed by atoms with van der Waals surface area (Å²) in [5.74, 6) is 1.44. The minimum Gasteiger partial charge on any atom is -0.337 e. The predicted molar refractivity (Wildman–Crippen MR) is 96.8 cm³/mol. The molecule has 3 heterocycles. The van der Waals surface area contributed by atoms with Crippen molar-refractivity contribution in [1.29, 1.82) is 0 Å². The maximum atomic E-state index is 5.67. The first-order valence-electron chi connectivity index (χ1n) is 8.45. The Morgan fingerprint density at radius 1 is 1.08 bits per heavy atom. The van der Waals surface area contributed by atoms with Gasteiger partial charge in [-0.05, 0) is 44.0 Å². The van der Waals surface area contributed by atoms with E-state index in [2.05, 4.69) is 39.8 Å². The summed E-state index contributed by atoms with van der Waals surface area (Å²) in [5, 5.41) is 12.1. The van der Waals surface area contributed by atoms with Gasteiger partial charge in [-0.1, -0.05) is 35.5 Å². The van der Waals surface area contributed by atoms with Crippen LogP contribution in [0.4, 0.5) is 0 Å². The van der Waals surface area contributed by atoms with E-state index in [0.29, 0.717) is 5.89 Å². The molecule has 7 heteroatoms. The highest BCUT2D eigenvalue weighted by molar-refractivity contribution is 5.85. The van der Waals surface area contributed by atoms with E-state index in [0.717, 1.165) is 44.6 Å². The number of aryl methyl sites for hydroxylation is 2. The van der Waals surface area contributed by atoms with Gasteiger partial charge in [0.15, 0.2) is 5.82 Å². The number of rotatable bonds is 5. The Labute approximate surface area is 153 Å². The number of nitrogens with zero attached hydrogens (tertiary/aromatic N) is 4. The Morgan fingerprint density at radius 2 is 1.88 bits per heavy atom. The van der Waals surface area contributed by atoms with E-state index >= 15 is 0 Å². The SMILES string of the molecule is Cl.c1ccc(CCc2noc(C3(n4cccn4)CCNCC3)n2)cc1.